The van der Waals surface area contributed by atoms with Crippen molar-refractivity contribution in [2.24, 2.45) is 23.2 Å². The van der Waals surface area contributed by atoms with Gasteiger partial charge in [0.05, 0.1) is 18.3 Å². The lowest BCUT2D eigenvalue weighted by Gasteiger charge is -2.44. The maximum Gasteiger partial charge on any atom is 0.0849 e. The number of hydrogen-bond donors (Lipinski definition) is 3. The average molecular weight is 417 g/mol. The Kier molecular flexibility index (Phi) is 7.69. The number of hydrogen-bond acceptors (Lipinski definition) is 3. The molecule has 3 saturated carbocycles. The summed E-state index contributed by atoms with van der Waals surface area (Å²) < 4.78 is 0. The van der Waals surface area contributed by atoms with Crippen LogP contribution in [0.2, 0.25) is 0 Å². The molecule has 1 unspecified atom stereocenters. The molecule has 0 amide bonds. The van der Waals surface area contributed by atoms with Crippen molar-refractivity contribution in [2.75, 3.05) is 6.61 Å². The van der Waals surface area contributed by atoms with Crippen molar-refractivity contribution in [3.8, 4) is 0 Å². The Morgan fingerprint density at radius 1 is 1.23 bits per heavy atom. The van der Waals surface area contributed by atoms with Crippen LogP contribution in [-0.2, 0) is 0 Å². The molecule has 0 aliphatic heterocycles. The monoisotopic (exact) mass is 416 g/mol. The molecule has 0 aromatic rings. The van der Waals surface area contributed by atoms with Crippen molar-refractivity contribution >= 4 is 0 Å². The molecule has 3 rings (SSSR count). The highest BCUT2D eigenvalue weighted by Gasteiger charge is 2.50. The number of rotatable bonds is 7. The second-order valence-electron chi connectivity index (χ2n) is 11.1. The summed E-state index contributed by atoms with van der Waals surface area (Å²) in [4.78, 5) is 0. The molecule has 0 heterocycles. The Morgan fingerprint density at radius 2 is 2.00 bits per heavy atom. The molecule has 3 aliphatic rings. The maximum absolute atomic E-state index is 10.1. The van der Waals surface area contributed by atoms with Crippen LogP contribution < -0.4 is 0 Å². The highest BCUT2D eigenvalue weighted by Crippen LogP contribution is 2.60. The summed E-state index contributed by atoms with van der Waals surface area (Å²) in [6.07, 6.45) is 16.1. The molecule has 0 aromatic heterocycles. The fourth-order valence-corrected chi connectivity index (χ4v) is 6.69. The van der Waals surface area contributed by atoms with Crippen molar-refractivity contribution in [1.29, 1.82) is 0 Å². The second kappa shape index (κ2) is 9.71. The van der Waals surface area contributed by atoms with E-state index in [9.17, 15) is 15.3 Å². The summed E-state index contributed by atoms with van der Waals surface area (Å²) in [7, 11) is 0. The number of aliphatic hydroxyl groups excluding tert-OH is 2. The Hall–Kier alpha value is -0.900. The molecule has 3 fully saturated rings. The zero-order valence-corrected chi connectivity index (χ0v) is 19.5. The van der Waals surface area contributed by atoms with E-state index in [0.717, 1.165) is 38.0 Å². The first kappa shape index (κ1) is 23.8. The minimum Gasteiger partial charge on any atom is -0.393 e. The van der Waals surface area contributed by atoms with Crippen LogP contribution in [0.3, 0.4) is 0 Å². The van der Waals surface area contributed by atoms with Crippen molar-refractivity contribution in [1.82, 2.24) is 0 Å². The molecule has 3 nitrogen and oxygen atoms in total. The molecule has 0 radical (unpaired) electrons. The highest BCUT2D eigenvalue weighted by molar-refractivity contribution is 5.36. The van der Waals surface area contributed by atoms with Gasteiger partial charge in [0.1, 0.15) is 0 Å². The molecule has 30 heavy (non-hydrogen) atoms. The van der Waals surface area contributed by atoms with Crippen LogP contribution in [0.4, 0.5) is 0 Å². The van der Waals surface area contributed by atoms with E-state index in [-0.39, 0.29) is 12.7 Å². The Balaban J connectivity index is 1.66. The number of allylic oxidation sites excluding steroid dienone is 4. The van der Waals surface area contributed by atoms with Crippen LogP contribution >= 0.6 is 0 Å². The third-order valence-electron chi connectivity index (χ3n) is 8.63. The Morgan fingerprint density at radius 3 is 2.73 bits per heavy atom. The molecule has 0 spiro atoms. The third-order valence-corrected chi connectivity index (χ3v) is 8.63. The first-order valence-electron chi connectivity index (χ1n) is 12.3. The first-order chi connectivity index (χ1) is 14.2. The van der Waals surface area contributed by atoms with E-state index in [1.165, 1.54) is 43.3 Å². The van der Waals surface area contributed by atoms with E-state index in [1.54, 1.807) is 12.5 Å². The zero-order valence-electron chi connectivity index (χ0n) is 19.5. The number of aliphatic hydroxyl groups is 3. The minimum absolute atomic E-state index is 0.155. The smallest absolute Gasteiger partial charge is 0.0849 e. The predicted molar refractivity (Wildman–Crippen MR) is 124 cm³/mol. The van der Waals surface area contributed by atoms with Gasteiger partial charge in [0.25, 0.3) is 0 Å². The first-order valence-corrected chi connectivity index (χ1v) is 12.3. The van der Waals surface area contributed by atoms with Gasteiger partial charge in [-0.25, -0.2) is 0 Å². The van der Waals surface area contributed by atoms with Crippen LogP contribution in [0.5, 0.6) is 0 Å². The maximum atomic E-state index is 10.1. The molecule has 0 aromatic carbocycles. The van der Waals surface area contributed by atoms with Gasteiger partial charge in [-0.15, -0.1) is 0 Å². The highest BCUT2D eigenvalue weighted by atomic mass is 16.3. The molecule has 3 N–H and O–H groups in total. The summed E-state index contributed by atoms with van der Waals surface area (Å²) in [5, 5.41) is 29.4. The summed E-state index contributed by atoms with van der Waals surface area (Å²) in [5.41, 5.74) is 3.50. The lowest BCUT2D eigenvalue weighted by Crippen LogP contribution is -2.36. The molecule has 0 bridgehead atoms. The fraction of sp³-hybridized carbons (Fsp3) is 0.778. The molecule has 3 aliphatic carbocycles. The van der Waals surface area contributed by atoms with E-state index < -0.39 is 5.60 Å². The minimum atomic E-state index is -0.938. The molecule has 6 atom stereocenters. The SMILES string of the molecule is C=C1CC[C@H](O)CC1=C/C=C1\CCC[C@]2(C)[C@@H]([C@H](C)CCCC(C)(O)CO)CC[C@@H]12. The molecule has 3 heteroatoms. The van der Waals surface area contributed by atoms with Crippen LogP contribution in [0.25, 0.3) is 0 Å². The zero-order chi connectivity index (χ0) is 21.9. The van der Waals surface area contributed by atoms with Crippen LogP contribution in [0, 0.1) is 23.2 Å². The summed E-state index contributed by atoms with van der Waals surface area (Å²) in [6, 6.07) is 0. The van der Waals surface area contributed by atoms with Gasteiger partial charge in [0, 0.05) is 0 Å². The summed E-state index contributed by atoms with van der Waals surface area (Å²) >= 11 is 0. The van der Waals surface area contributed by atoms with Crippen LogP contribution in [0.1, 0.15) is 91.4 Å². The van der Waals surface area contributed by atoms with Crippen molar-refractivity contribution in [2.45, 2.75) is 103 Å². The van der Waals surface area contributed by atoms with Crippen molar-refractivity contribution in [3.63, 3.8) is 0 Å². The topological polar surface area (TPSA) is 60.7 Å². The van der Waals surface area contributed by atoms with Crippen molar-refractivity contribution < 1.29 is 15.3 Å². The third kappa shape index (κ3) is 5.29. The van der Waals surface area contributed by atoms with Gasteiger partial charge < -0.3 is 15.3 Å². The van der Waals surface area contributed by atoms with E-state index in [4.69, 9.17) is 0 Å². The average Bonchev–Trinajstić information content (AvgIpc) is 3.06. The van der Waals surface area contributed by atoms with E-state index >= 15 is 0 Å². The largest absolute Gasteiger partial charge is 0.393 e. The molecule has 0 saturated heterocycles. The second-order valence-corrected chi connectivity index (χ2v) is 11.1. The van der Waals surface area contributed by atoms with E-state index in [0.29, 0.717) is 23.7 Å². The molecular weight excluding hydrogens is 372 g/mol. The standard InChI is InChI=1S/C27H44O3/c1-19-9-12-23(29)17-22(19)11-10-21-8-6-16-27(4)24(13-14-25(21)27)20(2)7-5-15-26(3,30)18-28/h10-11,20,23-25,28-30H,1,5-9,12-18H2,2-4H3/b21-10+,22-11?/t20-,23+,24-,25+,26?,27-/m1/s1. The van der Waals surface area contributed by atoms with Gasteiger partial charge >= 0.3 is 0 Å². The normalized spacial score (nSPS) is 37.9. The quantitative estimate of drug-likeness (QED) is 0.498. The summed E-state index contributed by atoms with van der Waals surface area (Å²) in [6.45, 7) is 10.7. The van der Waals surface area contributed by atoms with Crippen molar-refractivity contribution in [3.05, 3.63) is 35.5 Å². The lowest BCUT2D eigenvalue weighted by molar-refractivity contribution is -0.00891. The van der Waals surface area contributed by atoms with Gasteiger partial charge in [-0.3, -0.25) is 0 Å². The van der Waals surface area contributed by atoms with Crippen LogP contribution in [-0.4, -0.2) is 33.6 Å². The lowest BCUT2D eigenvalue weighted by atomic mass is 9.60. The predicted octanol–water partition coefficient (Wildman–Crippen LogP) is 5.71. The van der Waals surface area contributed by atoms with Gasteiger partial charge in [-0.1, -0.05) is 56.6 Å². The van der Waals surface area contributed by atoms with E-state index in [2.05, 4.69) is 32.6 Å². The van der Waals surface area contributed by atoms with Gasteiger partial charge in [-0.05, 0) is 93.5 Å². The molecule has 170 valence electrons. The van der Waals surface area contributed by atoms with E-state index in [1.807, 2.05) is 0 Å². The Bertz CT molecular complexity index is 674. The van der Waals surface area contributed by atoms with Gasteiger partial charge in [0.15, 0.2) is 0 Å². The Labute approximate surface area is 184 Å². The number of fused-ring (bicyclic) bond motifs is 1. The van der Waals surface area contributed by atoms with Crippen LogP contribution in [0.15, 0.2) is 35.5 Å². The fourth-order valence-electron chi connectivity index (χ4n) is 6.69. The summed E-state index contributed by atoms with van der Waals surface area (Å²) in [5.74, 6) is 2.07. The molecular formula is C27H44O3. The van der Waals surface area contributed by atoms with Gasteiger partial charge in [0.2, 0.25) is 0 Å². The van der Waals surface area contributed by atoms with Gasteiger partial charge in [-0.2, -0.15) is 0 Å².